The van der Waals surface area contributed by atoms with E-state index in [1.165, 1.54) is 19.3 Å². The van der Waals surface area contributed by atoms with Crippen LogP contribution in [0, 0.1) is 0 Å². The molecular formula is C13H27N3O. The van der Waals surface area contributed by atoms with Crippen molar-refractivity contribution < 1.29 is 4.79 Å². The SMILES string of the molecule is CNCCC1CCCCN1CC(=O)NC(C)C. The van der Waals surface area contributed by atoms with Gasteiger partial charge in [0.2, 0.25) is 5.91 Å². The molecule has 1 heterocycles. The minimum atomic E-state index is 0.163. The lowest BCUT2D eigenvalue weighted by molar-refractivity contribution is -0.123. The third-order valence-electron chi connectivity index (χ3n) is 3.27. The number of nitrogens with zero attached hydrogens (tertiary/aromatic N) is 1. The third kappa shape index (κ3) is 5.50. The summed E-state index contributed by atoms with van der Waals surface area (Å²) in [5, 5.41) is 6.16. The summed E-state index contributed by atoms with van der Waals surface area (Å²) < 4.78 is 0. The Morgan fingerprint density at radius 3 is 2.82 bits per heavy atom. The largest absolute Gasteiger partial charge is 0.353 e. The molecule has 0 bridgehead atoms. The van der Waals surface area contributed by atoms with Gasteiger partial charge in [0.15, 0.2) is 0 Å². The molecule has 1 unspecified atom stereocenters. The number of piperidine rings is 1. The number of likely N-dealkylation sites (tertiary alicyclic amines) is 1. The van der Waals surface area contributed by atoms with E-state index in [-0.39, 0.29) is 11.9 Å². The fourth-order valence-corrected chi connectivity index (χ4v) is 2.46. The van der Waals surface area contributed by atoms with Crippen LogP contribution >= 0.6 is 0 Å². The van der Waals surface area contributed by atoms with Gasteiger partial charge in [-0.2, -0.15) is 0 Å². The van der Waals surface area contributed by atoms with E-state index < -0.39 is 0 Å². The molecule has 0 aliphatic carbocycles. The molecule has 1 atom stereocenters. The number of rotatable bonds is 6. The van der Waals surface area contributed by atoms with E-state index in [1.54, 1.807) is 0 Å². The van der Waals surface area contributed by atoms with Gasteiger partial charge in [-0.25, -0.2) is 0 Å². The summed E-state index contributed by atoms with van der Waals surface area (Å²) in [5.74, 6) is 0.163. The number of hydrogen-bond donors (Lipinski definition) is 2. The molecule has 1 aliphatic rings. The van der Waals surface area contributed by atoms with Crippen molar-refractivity contribution >= 4 is 5.91 Å². The van der Waals surface area contributed by atoms with Crippen LogP contribution in [-0.4, -0.2) is 49.6 Å². The Morgan fingerprint density at radius 1 is 1.41 bits per heavy atom. The van der Waals surface area contributed by atoms with Crippen LogP contribution in [0.1, 0.15) is 39.5 Å². The first-order valence-electron chi connectivity index (χ1n) is 6.81. The van der Waals surface area contributed by atoms with Gasteiger partial charge in [-0.3, -0.25) is 9.69 Å². The minimum absolute atomic E-state index is 0.163. The molecular weight excluding hydrogens is 214 g/mol. The van der Waals surface area contributed by atoms with Crippen LogP contribution in [0.15, 0.2) is 0 Å². The first-order chi connectivity index (χ1) is 8.13. The lowest BCUT2D eigenvalue weighted by atomic mass is 9.99. The van der Waals surface area contributed by atoms with Gasteiger partial charge >= 0.3 is 0 Å². The van der Waals surface area contributed by atoms with Crippen molar-refractivity contribution in [1.29, 1.82) is 0 Å². The van der Waals surface area contributed by atoms with Crippen LogP contribution in [0.2, 0.25) is 0 Å². The summed E-state index contributed by atoms with van der Waals surface area (Å²) in [6.07, 6.45) is 4.91. The van der Waals surface area contributed by atoms with Gasteiger partial charge in [-0.05, 0) is 53.2 Å². The van der Waals surface area contributed by atoms with Gasteiger partial charge in [-0.15, -0.1) is 0 Å². The Labute approximate surface area is 105 Å². The molecule has 100 valence electrons. The van der Waals surface area contributed by atoms with Crippen molar-refractivity contribution in [2.24, 2.45) is 0 Å². The number of amides is 1. The normalized spacial score (nSPS) is 21.8. The van der Waals surface area contributed by atoms with Gasteiger partial charge in [0.05, 0.1) is 6.54 Å². The molecule has 1 amide bonds. The van der Waals surface area contributed by atoms with E-state index in [2.05, 4.69) is 15.5 Å². The van der Waals surface area contributed by atoms with Crippen molar-refractivity contribution in [1.82, 2.24) is 15.5 Å². The van der Waals surface area contributed by atoms with Gasteiger partial charge in [-0.1, -0.05) is 6.42 Å². The molecule has 4 nitrogen and oxygen atoms in total. The highest BCUT2D eigenvalue weighted by molar-refractivity contribution is 5.78. The fourth-order valence-electron chi connectivity index (χ4n) is 2.46. The predicted octanol–water partition coefficient (Wildman–Crippen LogP) is 0.975. The second kappa shape index (κ2) is 7.67. The van der Waals surface area contributed by atoms with E-state index in [0.29, 0.717) is 12.6 Å². The summed E-state index contributed by atoms with van der Waals surface area (Å²) in [7, 11) is 1.98. The average Bonchev–Trinajstić information content (AvgIpc) is 2.26. The highest BCUT2D eigenvalue weighted by Gasteiger charge is 2.23. The zero-order valence-corrected chi connectivity index (χ0v) is 11.5. The number of carbonyl (C=O) groups excluding carboxylic acids is 1. The van der Waals surface area contributed by atoms with E-state index >= 15 is 0 Å². The quantitative estimate of drug-likeness (QED) is 0.728. The Balaban J connectivity index is 2.38. The van der Waals surface area contributed by atoms with Crippen LogP contribution in [0.25, 0.3) is 0 Å². The molecule has 2 N–H and O–H groups in total. The summed E-state index contributed by atoms with van der Waals surface area (Å²) in [5.41, 5.74) is 0. The smallest absolute Gasteiger partial charge is 0.234 e. The van der Waals surface area contributed by atoms with E-state index in [9.17, 15) is 4.79 Å². The highest BCUT2D eigenvalue weighted by atomic mass is 16.2. The Hall–Kier alpha value is -0.610. The van der Waals surface area contributed by atoms with Crippen LogP contribution in [0.3, 0.4) is 0 Å². The minimum Gasteiger partial charge on any atom is -0.353 e. The number of nitrogens with one attached hydrogen (secondary N) is 2. The summed E-state index contributed by atoms with van der Waals surface area (Å²) in [6, 6.07) is 0.817. The standard InChI is InChI=1S/C13H27N3O/c1-11(2)15-13(17)10-16-9-5-4-6-12(16)7-8-14-3/h11-12,14H,4-10H2,1-3H3,(H,15,17). The molecule has 1 fully saturated rings. The van der Waals surface area contributed by atoms with Crippen molar-refractivity contribution in [3.63, 3.8) is 0 Å². The van der Waals surface area contributed by atoms with Crippen LogP contribution in [-0.2, 0) is 4.79 Å². The summed E-state index contributed by atoms with van der Waals surface area (Å²) >= 11 is 0. The molecule has 0 saturated carbocycles. The fraction of sp³-hybridized carbons (Fsp3) is 0.923. The molecule has 1 rings (SSSR count). The molecule has 4 heteroatoms. The first kappa shape index (κ1) is 14.5. The highest BCUT2D eigenvalue weighted by Crippen LogP contribution is 2.18. The summed E-state index contributed by atoms with van der Waals surface area (Å²) in [6.45, 7) is 6.68. The maximum atomic E-state index is 11.8. The molecule has 0 radical (unpaired) electrons. The van der Waals surface area contributed by atoms with Gasteiger partial charge in [0.1, 0.15) is 0 Å². The van der Waals surface area contributed by atoms with Crippen molar-refractivity contribution in [3.05, 3.63) is 0 Å². The number of hydrogen-bond acceptors (Lipinski definition) is 3. The predicted molar refractivity (Wildman–Crippen MR) is 71.0 cm³/mol. The Bertz CT molecular complexity index is 231. The molecule has 0 aromatic carbocycles. The zero-order valence-electron chi connectivity index (χ0n) is 11.5. The Morgan fingerprint density at radius 2 is 2.18 bits per heavy atom. The number of carbonyl (C=O) groups is 1. The third-order valence-corrected chi connectivity index (χ3v) is 3.27. The molecule has 0 aromatic rings. The molecule has 0 aromatic heterocycles. The zero-order chi connectivity index (χ0) is 12.7. The van der Waals surface area contributed by atoms with Gasteiger partial charge in [0, 0.05) is 12.1 Å². The van der Waals surface area contributed by atoms with Crippen LogP contribution in [0.5, 0.6) is 0 Å². The average molecular weight is 241 g/mol. The van der Waals surface area contributed by atoms with Gasteiger partial charge < -0.3 is 10.6 Å². The van der Waals surface area contributed by atoms with Crippen LogP contribution < -0.4 is 10.6 Å². The first-order valence-corrected chi connectivity index (χ1v) is 6.81. The maximum absolute atomic E-state index is 11.8. The van der Waals surface area contributed by atoms with Crippen molar-refractivity contribution in [2.45, 2.75) is 51.6 Å². The lowest BCUT2D eigenvalue weighted by Gasteiger charge is -2.35. The van der Waals surface area contributed by atoms with Crippen molar-refractivity contribution in [2.75, 3.05) is 26.7 Å². The van der Waals surface area contributed by atoms with Crippen LogP contribution in [0.4, 0.5) is 0 Å². The molecule has 17 heavy (non-hydrogen) atoms. The lowest BCUT2D eigenvalue weighted by Crippen LogP contribution is -2.47. The Kier molecular flexibility index (Phi) is 6.52. The second-order valence-corrected chi connectivity index (χ2v) is 5.23. The molecule has 1 saturated heterocycles. The topological polar surface area (TPSA) is 44.4 Å². The van der Waals surface area contributed by atoms with Crippen molar-refractivity contribution in [3.8, 4) is 0 Å². The van der Waals surface area contributed by atoms with E-state index in [0.717, 1.165) is 19.5 Å². The van der Waals surface area contributed by atoms with Gasteiger partial charge in [0.25, 0.3) is 0 Å². The molecule has 1 aliphatic heterocycles. The summed E-state index contributed by atoms with van der Waals surface area (Å²) in [4.78, 5) is 14.1. The maximum Gasteiger partial charge on any atom is 0.234 e. The monoisotopic (exact) mass is 241 g/mol. The van der Waals surface area contributed by atoms with E-state index in [4.69, 9.17) is 0 Å². The molecule has 0 spiro atoms. The second-order valence-electron chi connectivity index (χ2n) is 5.23. The van der Waals surface area contributed by atoms with E-state index in [1.807, 2.05) is 20.9 Å².